The highest BCUT2D eigenvalue weighted by Crippen LogP contribution is 2.27. The number of hydrogen-bond donors (Lipinski definition) is 1. The molecule has 0 saturated carbocycles. The van der Waals surface area contributed by atoms with Gasteiger partial charge in [-0.3, -0.25) is 4.79 Å². The van der Waals surface area contributed by atoms with Gasteiger partial charge in [-0.1, -0.05) is 17.7 Å². The third-order valence-corrected chi connectivity index (χ3v) is 4.08. The molecule has 18 heavy (non-hydrogen) atoms. The van der Waals surface area contributed by atoms with E-state index in [0.29, 0.717) is 5.02 Å². The van der Waals surface area contributed by atoms with E-state index in [4.69, 9.17) is 11.6 Å². The molecule has 1 aliphatic heterocycles. The quantitative estimate of drug-likeness (QED) is 0.846. The molecule has 0 aromatic heterocycles. The van der Waals surface area contributed by atoms with Crippen molar-refractivity contribution < 1.29 is 4.79 Å². The van der Waals surface area contributed by atoms with Crippen molar-refractivity contribution in [1.29, 1.82) is 0 Å². The average molecular weight is 267 g/mol. The highest BCUT2D eigenvalue weighted by molar-refractivity contribution is 6.32. The first-order chi connectivity index (χ1) is 8.52. The van der Waals surface area contributed by atoms with Crippen molar-refractivity contribution in [3.8, 4) is 0 Å². The van der Waals surface area contributed by atoms with E-state index in [1.165, 1.54) is 0 Å². The number of benzene rings is 1. The number of carbonyl (C=O) groups is 1. The van der Waals surface area contributed by atoms with E-state index in [2.05, 4.69) is 5.32 Å². The highest BCUT2D eigenvalue weighted by atomic mass is 35.5. The molecule has 0 radical (unpaired) electrons. The van der Waals surface area contributed by atoms with Gasteiger partial charge in [-0.05, 0) is 37.5 Å². The van der Waals surface area contributed by atoms with Crippen LogP contribution in [0.25, 0.3) is 0 Å². The normalized spacial score (nSPS) is 15.9. The molecule has 98 valence electrons. The summed E-state index contributed by atoms with van der Waals surface area (Å²) in [5.74, 6) is 0.105. The molecule has 3 nitrogen and oxygen atoms in total. The minimum Gasteiger partial charge on any atom is -0.336 e. The Hall–Kier alpha value is -1.06. The van der Waals surface area contributed by atoms with E-state index in [1.807, 2.05) is 31.7 Å². The van der Waals surface area contributed by atoms with Crippen LogP contribution < -0.4 is 5.32 Å². The first-order valence-corrected chi connectivity index (χ1v) is 6.66. The van der Waals surface area contributed by atoms with Gasteiger partial charge >= 0.3 is 0 Å². The largest absolute Gasteiger partial charge is 0.336 e. The van der Waals surface area contributed by atoms with Crippen LogP contribution in [0, 0.1) is 20.8 Å². The zero-order chi connectivity index (χ0) is 13.3. The van der Waals surface area contributed by atoms with Crippen molar-refractivity contribution in [2.45, 2.75) is 20.8 Å². The molecule has 0 unspecified atom stereocenters. The monoisotopic (exact) mass is 266 g/mol. The summed E-state index contributed by atoms with van der Waals surface area (Å²) in [6.07, 6.45) is 0. The summed E-state index contributed by atoms with van der Waals surface area (Å²) in [7, 11) is 0. The molecular formula is C14H19ClN2O. The number of nitrogens with one attached hydrogen (secondary N) is 1. The number of nitrogens with zero attached hydrogens (tertiary/aromatic N) is 1. The lowest BCUT2D eigenvalue weighted by molar-refractivity contribution is 0.0734. The molecule has 1 saturated heterocycles. The summed E-state index contributed by atoms with van der Waals surface area (Å²) in [4.78, 5) is 14.4. The molecule has 1 heterocycles. The van der Waals surface area contributed by atoms with Crippen molar-refractivity contribution >= 4 is 17.5 Å². The molecule has 0 bridgehead atoms. The lowest BCUT2D eigenvalue weighted by Gasteiger charge is -2.29. The molecule has 0 atom stereocenters. The zero-order valence-electron chi connectivity index (χ0n) is 11.1. The molecule has 1 fully saturated rings. The van der Waals surface area contributed by atoms with E-state index in [0.717, 1.165) is 48.4 Å². The maximum Gasteiger partial charge on any atom is 0.254 e. The maximum absolute atomic E-state index is 12.5. The van der Waals surface area contributed by atoms with Gasteiger partial charge in [0.05, 0.1) is 0 Å². The molecule has 1 amide bonds. The van der Waals surface area contributed by atoms with E-state index >= 15 is 0 Å². The van der Waals surface area contributed by atoms with Gasteiger partial charge in [-0.2, -0.15) is 0 Å². The number of hydrogen-bond acceptors (Lipinski definition) is 2. The van der Waals surface area contributed by atoms with E-state index in [9.17, 15) is 4.79 Å². The summed E-state index contributed by atoms with van der Waals surface area (Å²) < 4.78 is 0. The molecule has 0 spiro atoms. The van der Waals surface area contributed by atoms with Gasteiger partial charge in [-0.15, -0.1) is 0 Å². The fourth-order valence-electron chi connectivity index (χ4n) is 2.52. The van der Waals surface area contributed by atoms with Crippen LogP contribution in [0.4, 0.5) is 0 Å². The van der Waals surface area contributed by atoms with Crippen LogP contribution in [0.3, 0.4) is 0 Å². The van der Waals surface area contributed by atoms with Gasteiger partial charge in [0.1, 0.15) is 0 Å². The van der Waals surface area contributed by atoms with Gasteiger partial charge in [0.15, 0.2) is 0 Å². The Kier molecular flexibility index (Phi) is 3.93. The van der Waals surface area contributed by atoms with Crippen LogP contribution in [0.2, 0.25) is 5.02 Å². The Balaban J connectivity index is 2.38. The first kappa shape index (κ1) is 13.4. The Morgan fingerprint density at radius 3 is 2.44 bits per heavy atom. The summed E-state index contributed by atoms with van der Waals surface area (Å²) in [6.45, 7) is 9.14. The fraction of sp³-hybridized carbons (Fsp3) is 0.500. The molecule has 1 aliphatic rings. The molecule has 1 N–H and O–H groups in total. The second kappa shape index (κ2) is 5.29. The lowest BCUT2D eigenvalue weighted by atomic mass is 9.98. The van der Waals surface area contributed by atoms with Crippen LogP contribution in [-0.4, -0.2) is 37.0 Å². The summed E-state index contributed by atoms with van der Waals surface area (Å²) in [6, 6.07) is 1.99. The Morgan fingerprint density at radius 2 is 1.83 bits per heavy atom. The smallest absolute Gasteiger partial charge is 0.254 e. The summed E-state index contributed by atoms with van der Waals surface area (Å²) >= 11 is 6.25. The molecule has 2 rings (SSSR count). The Labute approximate surface area is 113 Å². The lowest BCUT2D eigenvalue weighted by Crippen LogP contribution is -2.46. The predicted octanol–water partition coefficient (Wildman–Crippen LogP) is 2.31. The van der Waals surface area contributed by atoms with Crippen LogP contribution in [0.5, 0.6) is 0 Å². The minimum atomic E-state index is 0.105. The Morgan fingerprint density at radius 1 is 1.22 bits per heavy atom. The Bertz CT molecular complexity index is 479. The molecule has 4 heteroatoms. The van der Waals surface area contributed by atoms with Gasteiger partial charge in [0.2, 0.25) is 0 Å². The molecule has 1 aromatic carbocycles. The number of amides is 1. The third-order valence-electron chi connectivity index (χ3n) is 3.50. The van der Waals surface area contributed by atoms with Crippen LogP contribution in [-0.2, 0) is 0 Å². The van der Waals surface area contributed by atoms with Crippen molar-refractivity contribution in [1.82, 2.24) is 10.2 Å². The third kappa shape index (κ3) is 2.38. The van der Waals surface area contributed by atoms with Gasteiger partial charge in [-0.25, -0.2) is 0 Å². The number of carbonyl (C=O) groups excluding carboxylic acids is 1. The van der Waals surface area contributed by atoms with Crippen molar-refractivity contribution in [3.63, 3.8) is 0 Å². The zero-order valence-corrected chi connectivity index (χ0v) is 11.9. The standard InChI is InChI=1S/C14H19ClN2O/c1-9-8-10(2)13(15)11(3)12(9)14(18)17-6-4-16-5-7-17/h8,16H,4-7H2,1-3H3. The molecular weight excluding hydrogens is 248 g/mol. The number of rotatable bonds is 1. The van der Waals surface area contributed by atoms with E-state index in [-0.39, 0.29) is 5.91 Å². The van der Waals surface area contributed by atoms with E-state index < -0.39 is 0 Å². The van der Waals surface area contributed by atoms with Gasteiger partial charge < -0.3 is 10.2 Å². The van der Waals surface area contributed by atoms with Crippen LogP contribution in [0.15, 0.2) is 6.07 Å². The average Bonchev–Trinajstić information content (AvgIpc) is 2.37. The fourth-order valence-corrected chi connectivity index (χ4v) is 2.67. The van der Waals surface area contributed by atoms with Gasteiger partial charge in [0.25, 0.3) is 5.91 Å². The maximum atomic E-state index is 12.5. The van der Waals surface area contributed by atoms with Crippen molar-refractivity contribution in [2.75, 3.05) is 26.2 Å². The number of aryl methyl sites for hydroxylation is 2. The second-order valence-corrected chi connectivity index (χ2v) is 5.24. The minimum absolute atomic E-state index is 0.105. The summed E-state index contributed by atoms with van der Waals surface area (Å²) in [5, 5.41) is 3.96. The van der Waals surface area contributed by atoms with Crippen molar-refractivity contribution in [2.24, 2.45) is 0 Å². The van der Waals surface area contributed by atoms with Crippen molar-refractivity contribution in [3.05, 3.63) is 33.3 Å². The van der Waals surface area contributed by atoms with E-state index in [1.54, 1.807) is 0 Å². The molecule has 1 aromatic rings. The molecule has 0 aliphatic carbocycles. The first-order valence-electron chi connectivity index (χ1n) is 6.28. The SMILES string of the molecule is Cc1cc(C)c(C(=O)N2CCNCC2)c(C)c1Cl. The predicted molar refractivity (Wildman–Crippen MR) is 74.4 cm³/mol. The second-order valence-electron chi connectivity index (χ2n) is 4.87. The van der Waals surface area contributed by atoms with Crippen LogP contribution in [0.1, 0.15) is 27.0 Å². The number of halogens is 1. The summed E-state index contributed by atoms with van der Waals surface area (Å²) in [5.41, 5.74) is 3.71. The highest BCUT2D eigenvalue weighted by Gasteiger charge is 2.22. The van der Waals surface area contributed by atoms with Gasteiger partial charge in [0, 0.05) is 36.8 Å². The topological polar surface area (TPSA) is 32.3 Å². The number of piperazine rings is 1. The van der Waals surface area contributed by atoms with Crippen LogP contribution >= 0.6 is 11.6 Å².